The molecule has 0 aromatic heterocycles. The number of halogens is 2. The molecule has 2 aromatic rings. The van der Waals surface area contributed by atoms with E-state index in [-0.39, 0.29) is 12.3 Å². The van der Waals surface area contributed by atoms with Crippen LogP contribution < -0.4 is 11.5 Å². The Morgan fingerprint density at radius 2 is 1.79 bits per heavy atom. The van der Waals surface area contributed by atoms with Crippen LogP contribution >= 0.6 is 35.0 Å². The van der Waals surface area contributed by atoms with Gasteiger partial charge in [-0.1, -0.05) is 71.4 Å². The van der Waals surface area contributed by atoms with Crippen LogP contribution in [0.2, 0.25) is 10.0 Å². The third kappa shape index (κ3) is 6.47. The monoisotopic (exact) mass is 518 g/mol. The summed E-state index contributed by atoms with van der Waals surface area (Å²) in [6.45, 7) is 4.72. The van der Waals surface area contributed by atoms with E-state index < -0.39 is 0 Å². The molecule has 1 saturated heterocycles. The molecule has 9 heteroatoms. The van der Waals surface area contributed by atoms with E-state index >= 15 is 0 Å². The predicted octanol–water partition coefficient (Wildman–Crippen LogP) is 4.09. The van der Waals surface area contributed by atoms with Crippen LogP contribution in [0.1, 0.15) is 12.0 Å². The number of amidine groups is 1. The number of nitrogens with two attached hydrogens (primary N) is 2. The van der Waals surface area contributed by atoms with Crippen LogP contribution in [0.3, 0.4) is 0 Å². The second-order valence-electron chi connectivity index (χ2n) is 8.79. The molecule has 6 nitrogen and oxygen atoms in total. The first-order valence-electron chi connectivity index (χ1n) is 11.6. The van der Waals surface area contributed by atoms with E-state index in [1.807, 2.05) is 25.4 Å². The van der Waals surface area contributed by atoms with E-state index in [0.717, 1.165) is 55.4 Å². The molecule has 2 atom stereocenters. The van der Waals surface area contributed by atoms with Crippen molar-refractivity contribution in [1.82, 2.24) is 14.7 Å². The fraction of sp³-hybridized carbons (Fsp3) is 0.400. The molecule has 1 fully saturated rings. The zero-order chi connectivity index (χ0) is 24.1. The van der Waals surface area contributed by atoms with Gasteiger partial charge in [0.25, 0.3) is 0 Å². The summed E-state index contributed by atoms with van der Waals surface area (Å²) in [5, 5.41) is 1.06. The van der Waals surface area contributed by atoms with Gasteiger partial charge in [0.2, 0.25) is 0 Å². The summed E-state index contributed by atoms with van der Waals surface area (Å²) in [6.07, 6.45) is 3.96. The first kappa shape index (κ1) is 25.4. The third-order valence-corrected chi connectivity index (χ3v) is 8.23. The minimum absolute atomic E-state index is 0.104. The van der Waals surface area contributed by atoms with E-state index in [0.29, 0.717) is 15.9 Å². The number of rotatable bonds is 8. The summed E-state index contributed by atoms with van der Waals surface area (Å²) in [7, 11) is 2.03. The van der Waals surface area contributed by atoms with Gasteiger partial charge in [-0.25, -0.2) is 4.99 Å². The number of aryl methyl sites for hydroxylation is 1. The molecule has 0 bridgehead atoms. The molecule has 2 heterocycles. The summed E-state index contributed by atoms with van der Waals surface area (Å²) < 4.78 is 0. The van der Waals surface area contributed by atoms with Crippen molar-refractivity contribution >= 4 is 40.8 Å². The number of hydrogen-bond donors (Lipinski definition) is 2. The third-order valence-electron chi connectivity index (χ3n) is 6.20. The normalized spacial score (nSPS) is 20.7. The maximum Gasteiger partial charge on any atom is 0.180 e. The molecule has 4 rings (SSSR count). The lowest BCUT2D eigenvalue weighted by atomic mass is 10.1. The van der Waals surface area contributed by atoms with Crippen molar-refractivity contribution in [2.24, 2.45) is 16.5 Å². The molecule has 0 radical (unpaired) electrons. The van der Waals surface area contributed by atoms with E-state index in [2.05, 4.69) is 45.0 Å². The first-order valence-corrected chi connectivity index (χ1v) is 13.1. The molecule has 182 valence electrons. The average molecular weight is 520 g/mol. The van der Waals surface area contributed by atoms with E-state index in [4.69, 9.17) is 39.7 Å². The molecule has 0 amide bonds. The molecule has 2 aliphatic rings. The summed E-state index contributed by atoms with van der Waals surface area (Å²) in [5.41, 5.74) is 14.1. The molecule has 2 aromatic carbocycles. The minimum Gasteiger partial charge on any atom is -0.383 e. The average Bonchev–Trinajstić information content (AvgIpc) is 2.84. The highest BCUT2D eigenvalue weighted by molar-refractivity contribution is 8.04. The highest BCUT2D eigenvalue weighted by atomic mass is 35.5. The van der Waals surface area contributed by atoms with Gasteiger partial charge in [-0.05, 0) is 30.5 Å². The number of hydrogen-bond acceptors (Lipinski definition) is 7. The van der Waals surface area contributed by atoms with Crippen molar-refractivity contribution in [3.05, 3.63) is 75.2 Å². The lowest BCUT2D eigenvalue weighted by Gasteiger charge is -2.42. The number of nitrogens with zero attached hydrogens (tertiary/aromatic N) is 4. The minimum atomic E-state index is -0.104. The number of aliphatic imine (C=N–C) groups is 1. The Bertz CT molecular complexity index is 1020. The lowest BCUT2D eigenvalue weighted by Crippen LogP contribution is -2.56. The Morgan fingerprint density at radius 3 is 2.53 bits per heavy atom. The Labute approximate surface area is 216 Å². The fourth-order valence-corrected chi connectivity index (χ4v) is 5.72. The first-order chi connectivity index (χ1) is 16.4. The van der Waals surface area contributed by atoms with Gasteiger partial charge in [0.1, 0.15) is 5.84 Å². The van der Waals surface area contributed by atoms with Gasteiger partial charge in [0, 0.05) is 56.9 Å². The number of benzene rings is 2. The summed E-state index contributed by atoms with van der Waals surface area (Å²) in [5.74, 6) is 0.523. The van der Waals surface area contributed by atoms with Crippen LogP contribution in [-0.4, -0.2) is 72.6 Å². The van der Waals surface area contributed by atoms with Gasteiger partial charge in [-0.2, -0.15) is 0 Å². The van der Waals surface area contributed by atoms with Crippen molar-refractivity contribution in [3.8, 4) is 0 Å². The molecule has 0 aliphatic carbocycles. The van der Waals surface area contributed by atoms with Crippen molar-refractivity contribution in [2.75, 3.05) is 39.8 Å². The molecule has 2 aliphatic heterocycles. The largest absolute Gasteiger partial charge is 0.383 e. The second kappa shape index (κ2) is 11.8. The van der Waals surface area contributed by atoms with Gasteiger partial charge >= 0.3 is 0 Å². The highest BCUT2D eigenvalue weighted by Gasteiger charge is 2.29. The Kier molecular flexibility index (Phi) is 8.80. The SMILES string of the molecule is CN1C=C(Sc2cccc(Cl)c2Cl)C(N)=NC1N1CCN(CC(N)CCc2ccccc2)CC1. The quantitative estimate of drug-likeness (QED) is 0.548. The van der Waals surface area contributed by atoms with Crippen LogP contribution in [0.15, 0.2) is 69.5 Å². The lowest BCUT2D eigenvalue weighted by molar-refractivity contribution is 0.0417. The topological polar surface area (TPSA) is 74.1 Å². The van der Waals surface area contributed by atoms with Crippen LogP contribution in [0.4, 0.5) is 0 Å². The summed E-state index contributed by atoms with van der Waals surface area (Å²) in [4.78, 5) is 13.5. The Morgan fingerprint density at radius 1 is 1.06 bits per heavy atom. The highest BCUT2D eigenvalue weighted by Crippen LogP contribution is 2.37. The predicted molar refractivity (Wildman–Crippen MR) is 144 cm³/mol. The van der Waals surface area contributed by atoms with Gasteiger partial charge in [0.05, 0.1) is 15.0 Å². The zero-order valence-electron chi connectivity index (χ0n) is 19.4. The van der Waals surface area contributed by atoms with E-state index in [1.54, 1.807) is 6.07 Å². The molecule has 2 unspecified atom stereocenters. The fourth-order valence-electron chi connectivity index (χ4n) is 4.29. The van der Waals surface area contributed by atoms with Crippen LogP contribution in [-0.2, 0) is 6.42 Å². The Hall–Kier alpha value is -1.74. The van der Waals surface area contributed by atoms with Crippen molar-refractivity contribution in [3.63, 3.8) is 0 Å². The number of piperazine rings is 1. The van der Waals surface area contributed by atoms with Gasteiger partial charge in [-0.3, -0.25) is 9.80 Å². The van der Waals surface area contributed by atoms with E-state index in [1.165, 1.54) is 17.3 Å². The zero-order valence-corrected chi connectivity index (χ0v) is 21.7. The van der Waals surface area contributed by atoms with Crippen LogP contribution in [0.25, 0.3) is 0 Å². The maximum atomic E-state index is 6.44. The Balaban J connectivity index is 1.27. The number of thioether (sulfide) groups is 1. The van der Waals surface area contributed by atoms with Crippen molar-refractivity contribution < 1.29 is 0 Å². The molecule has 4 N–H and O–H groups in total. The maximum absolute atomic E-state index is 6.44. The smallest absolute Gasteiger partial charge is 0.180 e. The van der Waals surface area contributed by atoms with Crippen LogP contribution in [0.5, 0.6) is 0 Å². The van der Waals surface area contributed by atoms with Gasteiger partial charge in [0.15, 0.2) is 6.29 Å². The van der Waals surface area contributed by atoms with Crippen LogP contribution in [0, 0.1) is 0 Å². The second-order valence-corrected chi connectivity index (χ2v) is 10.7. The molecule has 0 spiro atoms. The van der Waals surface area contributed by atoms with Crippen molar-refractivity contribution in [1.29, 1.82) is 0 Å². The molecule has 34 heavy (non-hydrogen) atoms. The van der Waals surface area contributed by atoms with E-state index in [9.17, 15) is 0 Å². The van der Waals surface area contributed by atoms with Gasteiger partial charge in [-0.15, -0.1) is 0 Å². The summed E-state index contributed by atoms with van der Waals surface area (Å²) >= 11 is 14.0. The molecular formula is C25H32Cl2N6S. The van der Waals surface area contributed by atoms with Gasteiger partial charge < -0.3 is 16.4 Å². The van der Waals surface area contributed by atoms with Crippen molar-refractivity contribution in [2.45, 2.75) is 30.1 Å². The molecular weight excluding hydrogens is 487 g/mol. The standard InChI is InChI=1S/C25H32Cl2N6S/c1-31-17-22(34-21-9-5-8-20(26)23(21)27)24(29)30-25(31)33-14-12-32(13-15-33)16-19(28)11-10-18-6-3-2-4-7-18/h2-9,17,19,25H,10-16,28H2,1H3,(H2,29,30). The summed E-state index contributed by atoms with van der Waals surface area (Å²) in [6, 6.07) is 16.3. The molecule has 0 saturated carbocycles.